The Morgan fingerprint density at radius 2 is 1.71 bits per heavy atom. The molecule has 1 aliphatic heterocycles. The molecule has 0 aliphatic carbocycles. The molecule has 0 amide bonds. The van der Waals surface area contributed by atoms with Crippen LogP contribution in [0.15, 0.2) is 34.3 Å². The first kappa shape index (κ1) is 15.8. The van der Waals surface area contributed by atoms with E-state index >= 15 is 0 Å². The minimum atomic E-state index is -4.74. The van der Waals surface area contributed by atoms with Crippen molar-refractivity contribution in [3.05, 3.63) is 29.8 Å². The molecule has 0 atom stereocenters. The van der Waals surface area contributed by atoms with E-state index in [1.54, 1.807) is 0 Å². The predicted octanol–water partition coefficient (Wildman–Crippen LogP) is 2.32. The van der Waals surface area contributed by atoms with Gasteiger partial charge in [0.1, 0.15) is 0 Å². The lowest BCUT2D eigenvalue weighted by Crippen LogP contribution is -2.39. The molecule has 116 valence electrons. The lowest BCUT2D eigenvalue weighted by molar-refractivity contribution is -0.139. The van der Waals surface area contributed by atoms with E-state index in [2.05, 4.69) is 5.16 Å². The summed E-state index contributed by atoms with van der Waals surface area (Å²) in [4.78, 5) is -0.748. The molecule has 5 nitrogen and oxygen atoms in total. The average Bonchev–Trinajstić information content (AvgIpc) is 2.46. The van der Waals surface area contributed by atoms with Crippen LogP contribution in [0.1, 0.15) is 18.4 Å². The largest absolute Gasteiger partial charge is 0.417 e. The van der Waals surface area contributed by atoms with Crippen molar-refractivity contribution in [1.29, 1.82) is 0 Å². The van der Waals surface area contributed by atoms with Gasteiger partial charge in [0, 0.05) is 25.9 Å². The number of piperidine rings is 1. The molecule has 2 rings (SSSR count). The van der Waals surface area contributed by atoms with Crippen LogP contribution in [0.5, 0.6) is 0 Å². The van der Waals surface area contributed by atoms with Gasteiger partial charge in [-0.15, -0.1) is 0 Å². The van der Waals surface area contributed by atoms with Crippen LogP contribution >= 0.6 is 0 Å². The lowest BCUT2D eigenvalue weighted by atomic mass is 10.1. The van der Waals surface area contributed by atoms with Crippen LogP contribution in [0, 0.1) is 0 Å². The van der Waals surface area contributed by atoms with E-state index in [4.69, 9.17) is 5.21 Å². The van der Waals surface area contributed by atoms with Gasteiger partial charge in [0.05, 0.1) is 16.2 Å². The molecule has 1 aromatic rings. The third-order valence-electron chi connectivity index (χ3n) is 3.25. The predicted molar refractivity (Wildman–Crippen MR) is 68.7 cm³/mol. The second kappa shape index (κ2) is 5.64. The summed E-state index contributed by atoms with van der Waals surface area (Å²) < 4.78 is 64.5. The second-order valence-electron chi connectivity index (χ2n) is 4.56. The van der Waals surface area contributed by atoms with Gasteiger partial charge in [-0.25, -0.2) is 8.42 Å². The van der Waals surface area contributed by atoms with Crippen LogP contribution < -0.4 is 0 Å². The standard InChI is InChI=1S/C12H13F3N2O3S/c13-12(14,15)10-3-1-2-4-11(10)21(19,20)17-7-5-9(16-18)6-8-17/h1-4,18H,5-8H2. The molecule has 21 heavy (non-hydrogen) atoms. The Kier molecular flexibility index (Phi) is 4.24. The second-order valence-corrected chi connectivity index (χ2v) is 6.47. The molecule has 0 unspecified atom stereocenters. The van der Waals surface area contributed by atoms with Gasteiger partial charge >= 0.3 is 6.18 Å². The zero-order valence-corrected chi connectivity index (χ0v) is 11.7. The van der Waals surface area contributed by atoms with E-state index < -0.39 is 26.7 Å². The Bertz CT molecular complexity index is 646. The van der Waals surface area contributed by atoms with Crippen molar-refractivity contribution in [2.75, 3.05) is 13.1 Å². The van der Waals surface area contributed by atoms with Gasteiger partial charge in [-0.05, 0) is 12.1 Å². The summed E-state index contributed by atoms with van der Waals surface area (Å²) in [6.07, 6.45) is -4.34. The fourth-order valence-electron chi connectivity index (χ4n) is 2.15. The maximum absolute atomic E-state index is 12.9. The van der Waals surface area contributed by atoms with Gasteiger partial charge in [0.25, 0.3) is 0 Å². The van der Waals surface area contributed by atoms with Gasteiger partial charge in [-0.1, -0.05) is 17.3 Å². The van der Waals surface area contributed by atoms with E-state index in [9.17, 15) is 21.6 Å². The number of oxime groups is 1. The molecule has 1 heterocycles. The van der Waals surface area contributed by atoms with Crippen molar-refractivity contribution in [2.45, 2.75) is 23.9 Å². The summed E-state index contributed by atoms with van der Waals surface area (Å²) in [5.74, 6) is 0. The molecule has 1 aliphatic rings. The zero-order valence-electron chi connectivity index (χ0n) is 10.8. The SMILES string of the molecule is O=S(=O)(c1ccccc1C(F)(F)F)N1CCC(=NO)CC1. The van der Waals surface area contributed by atoms with Crippen molar-refractivity contribution in [2.24, 2.45) is 5.16 Å². The number of halogens is 3. The highest BCUT2D eigenvalue weighted by molar-refractivity contribution is 7.89. The maximum atomic E-state index is 12.9. The average molecular weight is 322 g/mol. The van der Waals surface area contributed by atoms with Gasteiger partial charge in [0.2, 0.25) is 10.0 Å². The highest BCUT2D eigenvalue weighted by Gasteiger charge is 2.39. The van der Waals surface area contributed by atoms with E-state index in [-0.39, 0.29) is 25.9 Å². The Morgan fingerprint density at radius 3 is 2.24 bits per heavy atom. The van der Waals surface area contributed by atoms with Crippen LogP contribution in [0.3, 0.4) is 0 Å². The van der Waals surface area contributed by atoms with E-state index in [1.165, 1.54) is 6.07 Å². The number of alkyl halides is 3. The third-order valence-corrected chi connectivity index (χ3v) is 5.21. The van der Waals surface area contributed by atoms with Crippen LogP contribution in [-0.2, 0) is 16.2 Å². The van der Waals surface area contributed by atoms with Crippen LogP contribution in [-0.4, -0.2) is 36.7 Å². The van der Waals surface area contributed by atoms with Crippen LogP contribution in [0.25, 0.3) is 0 Å². The first-order valence-electron chi connectivity index (χ1n) is 6.13. The Labute approximate surface area is 119 Å². The molecule has 0 spiro atoms. The molecule has 1 fully saturated rings. The normalized spacial score (nSPS) is 17.8. The molecule has 0 bridgehead atoms. The van der Waals surface area contributed by atoms with Crippen LogP contribution in [0.2, 0.25) is 0 Å². The quantitative estimate of drug-likeness (QED) is 0.671. The number of benzene rings is 1. The minimum Gasteiger partial charge on any atom is -0.411 e. The van der Waals surface area contributed by atoms with Gasteiger partial charge in [0.15, 0.2) is 0 Å². The molecule has 1 aromatic carbocycles. The molecular weight excluding hydrogens is 309 g/mol. The third kappa shape index (κ3) is 3.18. The first-order valence-corrected chi connectivity index (χ1v) is 7.57. The van der Waals surface area contributed by atoms with Crippen molar-refractivity contribution in [3.63, 3.8) is 0 Å². The summed E-state index contributed by atoms with van der Waals surface area (Å²) in [6.45, 7) is -0.0121. The van der Waals surface area contributed by atoms with E-state index in [0.717, 1.165) is 22.5 Å². The van der Waals surface area contributed by atoms with Gasteiger partial charge < -0.3 is 5.21 Å². The summed E-state index contributed by atoms with van der Waals surface area (Å²) >= 11 is 0. The smallest absolute Gasteiger partial charge is 0.411 e. The fraction of sp³-hybridized carbons (Fsp3) is 0.417. The molecule has 1 N–H and O–H groups in total. The number of sulfonamides is 1. The number of hydrogen-bond acceptors (Lipinski definition) is 4. The molecule has 0 aromatic heterocycles. The highest BCUT2D eigenvalue weighted by atomic mass is 32.2. The monoisotopic (exact) mass is 322 g/mol. The maximum Gasteiger partial charge on any atom is 0.417 e. The molecular formula is C12H13F3N2O3S. The summed E-state index contributed by atoms with van der Waals surface area (Å²) in [6, 6.07) is 4.10. The van der Waals surface area contributed by atoms with E-state index in [0.29, 0.717) is 5.71 Å². The van der Waals surface area contributed by atoms with Gasteiger partial charge in [-0.3, -0.25) is 0 Å². The molecule has 9 heteroatoms. The summed E-state index contributed by atoms with van der Waals surface area (Å²) in [5, 5.41) is 11.6. The highest BCUT2D eigenvalue weighted by Crippen LogP contribution is 2.35. The zero-order chi connectivity index (χ0) is 15.7. The molecule has 0 radical (unpaired) electrons. The topological polar surface area (TPSA) is 70.0 Å². The number of nitrogens with zero attached hydrogens (tertiary/aromatic N) is 2. The van der Waals surface area contributed by atoms with Crippen LogP contribution in [0.4, 0.5) is 13.2 Å². The minimum absolute atomic E-state index is 0.00603. The van der Waals surface area contributed by atoms with Crippen molar-refractivity contribution >= 4 is 15.7 Å². The number of rotatable bonds is 2. The fourth-order valence-corrected chi connectivity index (χ4v) is 3.80. The Morgan fingerprint density at radius 1 is 1.14 bits per heavy atom. The van der Waals surface area contributed by atoms with Gasteiger partial charge in [-0.2, -0.15) is 17.5 Å². The van der Waals surface area contributed by atoms with E-state index in [1.807, 2.05) is 0 Å². The number of hydrogen-bond donors (Lipinski definition) is 1. The molecule has 1 saturated heterocycles. The molecule has 0 saturated carbocycles. The van der Waals surface area contributed by atoms with Crippen molar-refractivity contribution < 1.29 is 26.8 Å². The Hall–Kier alpha value is -1.61. The summed E-state index contributed by atoms with van der Waals surface area (Å²) in [7, 11) is -4.23. The van der Waals surface area contributed by atoms with Crippen molar-refractivity contribution in [1.82, 2.24) is 4.31 Å². The Balaban J connectivity index is 2.38. The lowest BCUT2D eigenvalue weighted by Gasteiger charge is -2.27. The summed E-state index contributed by atoms with van der Waals surface area (Å²) in [5.41, 5.74) is -0.739. The first-order chi connectivity index (χ1) is 9.76. The van der Waals surface area contributed by atoms with Crippen molar-refractivity contribution in [3.8, 4) is 0 Å².